The van der Waals surface area contributed by atoms with Gasteiger partial charge in [0.1, 0.15) is 16.6 Å². The van der Waals surface area contributed by atoms with E-state index >= 15 is 0 Å². The summed E-state index contributed by atoms with van der Waals surface area (Å²) in [5.74, 6) is -1.14. The van der Waals surface area contributed by atoms with Crippen LogP contribution in [0.1, 0.15) is 17.5 Å². The molecule has 2 rings (SSSR count). The van der Waals surface area contributed by atoms with Gasteiger partial charge in [-0.25, -0.2) is 8.78 Å². The summed E-state index contributed by atoms with van der Waals surface area (Å²) in [4.78, 5) is 0. The predicted molar refractivity (Wildman–Crippen MR) is 72.2 cm³/mol. The summed E-state index contributed by atoms with van der Waals surface area (Å²) in [6, 6.07) is 2.36. The maximum Gasteiger partial charge on any atom is 0.150 e. The number of likely N-dealkylation sites (N-methyl/N-ethyl adjacent to an activating group) is 1. The van der Waals surface area contributed by atoms with Gasteiger partial charge in [0.15, 0.2) is 5.01 Å². The molecular weight excluding hydrogens is 268 g/mol. The summed E-state index contributed by atoms with van der Waals surface area (Å²) in [5.41, 5.74) is 0.715. The molecule has 6 heteroatoms. The molecule has 1 N–H and O–H groups in total. The maximum absolute atomic E-state index is 13.7. The molecule has 0 bridgehead atoms. The number of rotatable bonds is 5. The summed E-state index contributed by atoms with van der Waals surface area (Å²) in [6.45, 7) is 5.35. The Hall–Kier alpha value is -1.40. The molecule has 0 saturated heterocycles. The summed E-state index contributed by atoms with van der Waals surface area (Å²) < 4.78 is 26.9. The Balaban J connectivity index is 2.20. The van der Waals surface area contributed by atoms with Gasteiger partial charge in [0, 0.05) is 24.6 Å². The largest absolute Gasteiger partial charge is 0.317 e. The highest BCUT2D eigenvalue weighted by Crippen LogP contribution is 2.28. The zero-order chi connectivity index (χ0) is 13.8. The smallest absolute Gasteiger partial charge is 0.150 e. The summed E-state index contributed by atoms with van der Waals surface area (Å²) in [6.07, 6.45) is 0.757. The second-order valence-electron chi connectivity index (χ2n) is 4.19. The minimum atomic E-state index is -0.600. The molecule has 1 aromatic heterocycles. The lowest BCUT2D eigenvalue weighted by Gasteiger charge is -2.01. The lowest BCUT2D eigenvalue weighted by atomic mass is 10.1. The Kier molecular flexibility index (Phi) is 4.55. The minimum Gasteiger partial charge on any atom is -0.317 e. The van der Waals surface area contributed by atoms with Crippen molar-refractivity contribution in [1.82, 2.24) is 15.5 Å². The van der Waals surface area contributed by atoms with Crippen molar-refractivity contribution in [3.63, 3.8) is 0 Å². The van der Waals surface area contributed by atoms with Crippen LogP contribution < -0.4 is 5.32 Å². The van der Waals surface area contributed by atoms with Gasteiger partial charge in [-0.1, -0.05) is 18.3 Å². The van der Waals surface area contributed by atoms with Crippen LogP contribution in [-0.4, -0.2) is 23.3 Å². The molecule has 1 heterocycles. The van der Waals surface area contributed by atoms with Crippen LogP contribution in [0, 0.1) is 18.6 Å². The van der Waals surface area contributed by atoms with E-state index in [0.29, 0.717) is 16.1 Å². The third-order valence-corrected chi connectivity index (χ3v) is 3.73. The number of halogens is 2. The Labute approximate surface area is 114 Å². The van der Waals surface area contributed by atoms with Crippen molar-refractivity contribution in [3.8, 4) is 10.6 Å². The van der Waals surface area contributed by atoms with Gasteiger partial charge in [-0.2, -0.15) is 0 Å². The van der Waals surface area contributed by atoms with Crippen molar-refractivity contribution in [2.75, 3.05) is 13.1 Å². The molecule has 0 aliphatic heterocycles. The van der Waals surface area contributed by atoms with Crippen molar-refractivity contribution in [2.45, 2.75) is 20.3 Å². The maximum atomic E-state index is 13.7. The van der Waals surface area contributed by atoms with Crippen LogP contribution in [0.4, 0.5) is 8.78 Å². The first-order valence-corrected chi connectivity index (χ1v) is 6.92. The van der Waals surface area contributed by atoms with Crippen LogP contribution in [0.3, 0.4) is 0 Å². The molecule has 0 atom stereocenters. The number of hydrogen-bond donors (Lipinski definition) is 1. The molecule has 0 fully saturated rings. The first-order valence-electron chi connectivity index (χ1n) is 6.11. The van der Waals surface area contributed by atoms with E-state index in [4.69, 9.17) is 0 Å². The molecule has 19 heavy (non-hydrogen) atoms. The normalized spacial score (nSPS) is 10.9. The van der Waals surface area contributed by atoms with E-state index < -0.39 is 11.6 Å². The van der Waals surface area contributed by atoms with Crippen LogP contribution in [0.15, 0.2) is 12.1 Å². The van der Waals surface area contributed by atoms with E-state index in [1.807, 2.05) is 6.92 Å². The van der Waals surface area contributed by atoms with E-state index in [0.717, 1.165) is 30.6 Å². The number of hydrogen-bond acceptors (Lipinski definition) is 4. The number of benzene rings is 1. The number of aromatic nitrogens is 2. The summed E-state index contributed by atoms with van der Waals surface area (Å²) in [7, 11) is 0. The monoisotopic (exact) mass is 283 g/mol. The minimum absolute atomic E-state index is 0.311. The Morgan fingerprint density at radius 2 is 2.00 bits per heavy atom. The summed E-state index contributed by atoms with van der Waals surface area (Å²) in [5, 5.41) is 12.5. The first kappa shape index (κ1) is 14.0. The molecule has 1 aromatic carbocycles. The first-order chi connectivity index (χ1) is 9.11. The zero-order valence-electron chi connectivity index (χ0n) is 10.8. The van der Waals surface area contributed by atoms with Gasteiger partial charge in [0.2, 0.25) is 0 Å². The quantitative estimate of drug-likeness (QED) is 0.857. The van der Waals surface area contributed by atoms with Crippen LogP contribution in [0.5, 0.6) is 0 Å². The van der Waals surface area contributed by atoms with Crippen molar-refractivity contribution in [2.24, 2.45) is 0 Å². The Bertz CT molecular complexity index is 569. The highest BCUT2D eigenvalue weighted by atomic mass is 32.1. The van der Waals surface area contributed by atoms with Gasteiger partial charge in [0.25, 0.3) is 0 Å². The van der Waals surface area contributed by atoms with E-state index in [1.54, 1.807) is 6.92 Å². The molecule has 0 spiro atoms. The van der Waals surface area contributed by atoms with Crippen molar-refractivity contribution in [1.29, 1.82) is 0 Å². The van der Waals surface area contributed by atoms with Crippen molar-refractivity contribution in [3.05, 3.63) is 34.3 Å². The Morgan fingerprint density at radius 3 is 2.74 bits per heavy atom. The molecular formula is C13H15F2N3S. The van der Waals surface area contributed by atoms with Crippen molar-refractivity contribution >= 4 is 11.3 Å². The fraction of sp³-hybridized carbons (Fsp3) is 0.385. The van der Waals surface area contributed by atoms with Gasteiger partial charge in [-0.15, -0.1) is 10.2 Å². The Morgan fingerprint density at radius 1 is 1.21 bits per heavy atom. The van der Waals surface area contributed by atoms with Crippen LogP contribution >= 0.6 is 11.3 Å². The molecule has 0 saturated carbocycles. The van der Waals surface area contributed by atoms with E-state index in [-0.39, 0.29) is 0 Å². The molecule has 0 aliphatic rings. The molecule has 0 unspecified atom stereocenters. The van der Waals surface area contributed by atoms with Gasteiger partial charge in [-0.05, 0) is 25.1 Å². The zero-order valence-corrected chi connectivity index (χ0v) is 11.7. The van der Waals surface area contributed by atoms with Gasteiger partial charge in [0.05, 0.1) is 0 Å². The number of nitrogens with one attached hydrogen (secondary N) is 1. The van der Waals surface area contributed by atoms with Crippen molar-refractivity contribution < 1.29 is 8.78 Å². The second kappa shape index (κ2) is 6.16. The number of nitrogens with zero attached hydrogens (tertiary/aromatic N) is 2. The van der Waals surface area contributed by atoms with Gasteiger partial charge >= 0.3 is 0 Å². The van der Waals surface area contributed by atoms with Crippen LogP contribution in [-0.2, 0) is 6.42 Å². The number of aryl methyl sites for hydroxylation is 1. The second-order valence-corrected chi connectivity index (χ2v) is 5.25. The van der Waals surface area contributed by atoms with Crippen LogP contribution in [0.2, 0.25) is 0 Å². The molecule has 102 valence electrons. The third-order valence-electron chi connectivity index (χ3n) is 2.71. The SMILES string of the molecule is CCNCCc1nnc(-c2cc(C)c(F)cc2F)s1. The fourth-order valence-electron chi connectivity index (χ4n) is 1.66. The van der Waals surface area contributed by atoms with Gasteiger partial charge in [-0.3, -0.25) is 0 Å². The molecule has 3 nitrogen and oxygen atoms in total. The average Bonchev–Trinajstić information content (AvgIpc) is 2.83. The van der Waals surface area contributed by atoms with Gasteiger partial charge < -0.3 is 5.32 Å². The topological polar surface area (TPSA) is 37.8 Å². The molecule has 0 amide bonds. The lowest BCUT2D eigenvalue weighted by Crippen LogP contribution is -2.15. The van der Waals surface area contributed by atoms with E-state index in [2.05, 4.69) is 15.5 Å². The summed E-state index contributed by atoms with van der Waals surface area (Å²) >= 11 is 1.34. The molecule has 0 aliphatic carbocycles. The van der Waals surface area contributed by atoms with E-state index in [9.17, 15) is 8.78 Å². The molecule has 2 aromatic rings. The van der Waals surface area contributed by atoms with Crippen LogP contribution in [0.25, 0.3) is 10.6 Å². The third kappa shape index (κ3) is 3.33. The van der Waals surface area contributed by atoms with E-state index in [1.165, 1.54) is 17.4 Å². The predicted octanol–water partition coefficient (Wildman–Crippen LogP) is 2.94. The fourth-order valence-corrected chi connectivity index (χ4v) is 2.51. The standard InChI is InChI=1S/C13H15F2N3S/c1-3-16-5-4-12-17-18-13(19-12)9-6-8(2)10(14)7-11(9)15/h6-7,16H,3-5H2,1-2H3. The highest BCUT2D eigenvalue weighted by Gasteiger charge is 2.13. The lowest BCUT2D eigenvalue weighted by molar-refractivity contribution is 0.579. The highest BCUT2D eigenvalue weighted by molar-refractivity contribution is 7.14. The molecule has 0 radical (unpaired) electrons. The average molecular weight is 283 g/mol.